The first-order valence-corrected chi connectivity index (χ1v) is 9.06. The van der Waals surface area contributed by atoms with Gasteiger partial charge in [0.25, 0.3) is 0 Å². The number of rotatable bonds is 4. The minimum Gasteiger partial charge on any atom is -0.508 e. The second kappa shape index (κ2) is 6.66. The van der Waals surface area contributed by atoms with Crippen LogP contribution >= 0.6 is 0 Å². The first-order valence-electron chi connectivity index (χ1n) is 9.06. The Morgan fingerprint density at radius 3 is 2.67 bits per heavy atom. The number of aromatic carboxylic acids is 1. The van der Waals surface area contributed by atoms with E-state index in [0.717, 1.165) is 5.56 Å². The van der Waals surface area contributed by atoms with Gasteiger partial charge in [0.15, 0.2) is 11.8 Å². The smallest absolute Gasteiger partial charge is 0.336 e. The topological polar surface area (TPSA) is 138 Å². The zero-order valence-corrected chi connectivity index (χ0v) is 15.4. The molecule has 0 spiro atoms. The summed E-state index contributed by atoms with van der Waals surface area (Å²) in [6.07, 6.45) is 1.12. The predicted molar refractivity (Wildman–Crippen MR) is 106 cm³/mol. The quantitative estimate of drug-likeness (QED) is 0.442. The SMILES string of the molecule is O=NCc1nnc2[nH]cc3c2c1-c1c(cccc1C(=O)O)OC3c1ccc(O)cc1. The summed E-state index contributed by atoms with van der Waals surface area (Å²) in [7, 11) is 0. The monoisotopic (exact) mass is 402 g/mol. The second-order valence-corrected chi connectivity index (χ2v) is 6.85. The molecule has 5 rings (SSSR count). The molecule has 2 aromatic carbocycles. The standard InChI is InChI=1S/C21H14N4O5/c26-11-6-4-10(5-7-11)19-13-8-22-20-17(13)18(14(9-23-29)24-25-20)16-12(21(27)28)2-1-3-15(16)30-19/h1-8,19,26H,9H2,(H,22,25)(H,27,28). The van der Waals surface area contributed by atoms with Gasteiger partial charge in [0.05, 0.1) is 11.3 Å². The highest BCUT2D eigenvalue weighted by molar-refractivity contribution is 6.06. The van der Waals surface area contributed by atoms with Gasteiger partial charge in [-0.25, -0.2) is 4.79 Å². The highest BCUT2D eigenvalue weighted by Gasteiger charge is 2.32. The van der Waals surface area contributed by atoms with Gasteiger partial charge >= 0.3 is 5.97 Å². The molecule has 0 aliphatic carbocycles. The number of nitrogens with zero attached hydrogens (tertiary/aromatic N) is 3. The zero-order valence-electron chi connectivity index (χ0n) is 15.4. The Morgan fingerprint density at radius 2 is 1.93 bits per heavy atom. The zero-order chi connectivity index (χ0) is 20.8. The van der Waals surface area contributed by atoms with Crippen LogP contribution in [0, 0.1) is 4.91 Å². The van der Waals surface area contributed by atoms with E-state index in [0.29, 0.717) is 33.5 Å². The number of nitroso groups, excluding NO2 is 1. The highest BCUT2D eigenvalue weighted by atomic mass is 16.5. The van der Waals surface area contributed by atoms with Gasteiger partial charge in [0.1, 0.15) is 18.0 Å². The number of hydrogen-bond donors (Lipinski definition) is 3. The first-order chi connectivity index (χ1) is 14.6. The van der Waals surface area contributed by atoms with Crippen molar-refractivity contribution in [2.75, 3.05) is 0 Å². The molecule has 9 heteroatoms. The van der Waals surface area contributed by atoms with Crippen LogP contribution < -0.4 is 4.74 Å². The van der Waals surface area contributed by atoms with Crippen LogP contribution in [0.15, 0.2) is 53.8 Å². The predicted octanol–water partition coefficient (Wildman–Crippen LogP) is 3.78. The van der Waals surface area contributed by atoms with E-state index in [2.05, 4.69) is 20.4 Å². The van der Waals surface area contributed by atoms with Crippen LogP contribution in [-0.2, 0) is 6.54 Å². The number of aromatic hydroxyl groups is 1. The third kappa shape index (κ3) is 2.60. The number of phenols is 1. The van der Waals surface area contributed by atoms with Crippen molar-refractivity contribution < 1.29 is 19.7 Å². The molecule has 1 aliphatic rings. The van der Waals surface area contributed by atoms with E-state index in [9.17, 15) is 19.9 Å². The van der Waals surface area contributed by atoms with Crippen LogP contribution in [0.25, 0.3) is 22.2 Å². The van der Waals surface area contributed by atoms with Gasteiger partial charge in [0.2, 0.25) is 0 Å². The minimum atomic E-state index is -1.13. The maximum Gasteiger partial charge on any atom is 0.336 e. The van der Waals surface area contributed by atoms with Crippen molar-refractivity contribution in [1.29, 1.82) is 0 Å². The second-order valence-electron chi connectivity index (χ2n) is 6.85. The Hall–Kier alpha value is -4.27. The number of nitrogens with one attached hydrogen (secondary N) is 1. The Labute approximate surface area is 168 Å². The third-order valence-electron chi connectivity index (χ3n) is 5.14. The molecule has 2 aromatic heterocycles. The molecule has 30 heavy (non-hydrogen) atoms. The summed E-state index contributed by atoms with van der Waals surface area (Å²) in [5.41, 5.74) is 2.97. The van der Waals surface area contributed by atoms with E-state index < -0.39 is 12.1 Å². The normalized spacial score (nSPS) is 14.6. The van der Waals surface area contributed by atoms with Crippen molar-refractivity contribution in [1.82, 2.24) is 15.2 Å². The summed E-state index contributed by atoms with van der Waals surface area (Å²) >= 11 is 0. The van der Waals surface area contributed by atoms with Crippen LogP contribution in [0.5, 0.6) is 11.5 Å². The highest BCUT2D eigenvalue weighted by Crippen LogP contribution is 2.47. The van der Waals surface area contributed by atoms with Gasteiger partial charge in [0, 0.05) is 28.3 Å². The molecule has 1 atom stereocenters. The molecule has 0 amide bonds. The number of aromatic nitrogens is 3. The largest absolute Gasteiger partial charge is 0.508 e. The van der Waals surface area contributed by atoms with E-state index >= 15 is 0 Å². The molecule has 0 fully saturated rings. The van der Waals surface area contributed by atoms with E-state index in [-0.39, 0.29) is 23.6 Å². The van der Waals surface area contributed by atoms with E-state index in [1.807, 2.05) is 0 Å². The fourth-order valence-corrected chi connectivity index (χ4v) is 3.87. The Balaban J connectivity index is 1.90. The summed E-state index contributed by atoms with van der Waals surface area (Å²) in [5.74, 6) is -0.679. The van der Waals surface area contributed by atoms with Crippen molar-refractivity contribution in [2.45, 2.75) is 12.6 Å². The van der Waals surface area contributed by atoms with Crippen LogP contribution in [0.2, 0.25) is 0 Å². The number of carbonyl (C=O) groups is 1. The molecule has 1 aliphatic heterocycles. The number of benzene rings is 2. The van der Waals surface area contributed by atoms with E-state index in [4.69, 9.17) is 4.74 Å². The summed E-state index contributed by atoms with van der Waals surface area (Å²) < 4.78 is 6.31. The molecule has 148 valence electrons. The molecule has 0 bridgehead atoms. The fourth-order valence-electron chi connectivity index (χ4n) is 3.87. The van der Waals surface area contributed by atoms with Gasteiger partial charge in [-0.2, -0.15) is 10.0 Å². The number of H-pyrrole nitrogens is 1. The number of carboxylic acids is 1. The lowest BCUT2D eigenvalue weighted by Gasteiger charge is -2.19. The van der Waals surface area contributed by atoms with Crippen molar-refractivity contribution in [2.24, 2.45) is 5.18 Å². The number of ether oxygens (including phenoxy) is 1. The molecular weight excluding hydrogens is 388 g/mol. The van der Waals surface area contributed by atoms with E-state index in [1.165, 1.54) is 6.07 Å². The average molecular weight is 402 g/mol. The van der Waals surface area contributed by atoms with Gasteiger partial charge in [-0.3, -0.25) is 0 Å². The summed E-state index contributed by atoms with van der Waals surface area (Å²) in [6, 6.07) is 11.3. The molecule has 4 aromatic rings. The lowest BCUT2D eigenvalue weighted by atomic mass is 9.93. The Kier molecular flexibility index (Phi) is 3.95. The first kappa shape index (κ1) is 17.8. The average Bonchev–Trinajstić information content (AvgIpc) is 3.10. The number of aromatic amines is 1. The van der Waals surface area contributed by atoms with Gasteiger partial charge in [-0.05, 0) is 29.8 Å². The molecule has 9 nitrogen and oxygen atoms in total. The van der Waals surface area contributed by atoms with Crippen molar-refractivity contribution in [3.8, 4) is 22.6 Å². The molecule has 3 heterocycles. The van der Waals surface area contributed by atoms with E-state index in [1.54, 1.807) is 42.6 Å². The van der Waals surface area contributed by atoms with Crippen LogP contribution in [-0.4, -0.2) is 31.4 Å². The third-order valence-corrected chi connectivity index (χ3v) is 5.14. The maximum absolute atomic E-state index is 12.0. The number of fused-ring (bicyclic) bond motifs is 2. The number of hydrogen-bond acceptors (Lipinski definition) is 7. The molecule has 0 radical (unpaired) electrons. The van der Waals surface area contributed by atoms with Gasteiger partial charge in [-0.15, -0.1) is 5.10 Å². The number of phenolic OH excluding ortho intramolecular Hbond substituents is 1. The summed E-state index contributed by atoms with van der Waals surface area (Å²) in [5, 5.41) is 31.3. The molecule has 1 unspecified atom stereocenters. The van der Waals surface area contributed by atoms with Crippen LogP contribution in [0.1, 0.15) is 33.3 Å². The van der Waals surface area contributed by atoms with Crippen LogP contribution in [0.4, 0.5) is 0 Å². The molecular formula is C21H14N4O5. The molecule has 0 saturated carbocycles. The minimum absolute atomic E-state index is 0.0208. The Morgan fingerprint density at radius 1 is 1.13 bits per heavy atom. The van der Waals surface area contributed by atoms with Gasteiger partial charge < -0.3 is 19.9 Å². The molecule has 3 N–H and O–H groups in total. The van der Waals surface area contributed by atoms with Crippen molar-refractivity contribution >= 4 is 17.0 Å². The van der Waals surface area contributed by atoms with Crippen LogP contribution in [0.3, 0.4) is 0 Å². The van der Waals surface area contributed by atoms with Gasteiger partial charge in [-0.1, -0.05) is 23.4 Å². The fraction of sp³-hybridized carbons (Fsp3) is 0.0952. The lowest BCUT2D eigenvalue weighted by molar-refractivity contribution is 0.0697. The molecule has 0 saturated heterocycles. The maximum atomic E-state index is 12.0. The van der Waals surface area contributed by atoms with Crippen molar-refractivity contribution in [3.63, 3.8) is 0 Å². The van der Waals surface area contributed by atoms with Crippen molar-refractivity contribution in [3.05, 3.63) is 76.0 Å². The summed E-state index contributed by atoms with van der Waals surface area (Å²) in [4.78, 5) is 26.1. The Bertz CT molecular complexity index is 1310. The number of carboxylic acid groups (broad SMARTS) is 1. The lowest BCUT2D eigenvalue weighted by Crippen LogP contribution is -2.09. The summed E-state index contributed by atoms with van der Waals surface area (Å²) in [6.45, 7) is -0.264.